The molecule has 1 fully saturated rings. The lowest BCUT2D eigenvalue weighted by atomic mass is 9.89. The number of thiazole rings is 1. The van der Waals surface area contributed by atoms with Crippen LogP contribution in [0, 0.1) is 17.2 Å². The molecule has 1 aliphatic carbocycles. The van der Waals surface area contributed by atoms with E-state index in [1.807, 2.05) is 41.8 Å². The van der Waals surface area contributed by atoms with Gasteiger partial charge in [-0.2, -0.15) is 5.26 Å². The molecule has 0 saturated heterocycles. The molecular formula is C22H23N5S. The van der Waals surface area contributed by atoms with Crippen LogP contribution in [-0.2, 0) is 0 Å². The van der Waals surface area contributed by atoms with E-state index >= 15 is 0 Å². The summed E-state index contributed by atoms with van der Waals surface area (Å²) in [5.41, 5.74) is 2.64. The molecule has 0 aliphatic heterocycles. The first-order valence-electron chi connectivity index (χ1n) is 9.81. The molecule has 4 rings (SSSR count). The van der Waals surface area contributed by atoms with Gasteiger partial charge in [-0.15, -0.1) is 11.3 Å². The summed E-state index contributed by atoms with van der Waals surface area (Å²) in [5.74, 6) is 0.809. The second-order valence-electron chi connectivity index (χ2n) is 7.19. The molecule has 0 spiro atoms. The second kappa shape index (κ2) is 8.94. The van der Waals surface area contributed by atoms with Crippen molar-refractivity contribution in [3.05, 3.63) is 58.7 Å². The number of nitrogens with zero attached hydrogens (tertiary/aromatic N) is 4. The molecule has 1 saturated carbocycles. The summed E-state index contributed by atoms with van der Waals surface area (Å²) in [4.78, 5) is 13.6. The van der Waals surface area contributed by atoms with Crippen LogP contribution in [0.3, 0.4) is 0 Å². The molecule has 3 aromatic rings. The third kappa shape index (κ3) is 4.37. The van der Waals surface area contributed by atoms with Gasteiger partial charge in [-0.25, -0.2) is 15.0 Å². The van der Waals surface area contributed by atoms with Crippen molar-refractivity contribution in [2.45, 2.75) is 38.0 Å². The van der Waals surface area contributed by atoms with Gasteiger partial charge in [0, 0.05) is 23.7 Å². The molecular weight excluding hydrogens is 366 g/mol. The van der Waals surface area contributed by atoms with E-state index in [0.717, 1.165) is 22.8 Å². The Morgan fingerprint density at radius 1 is 1.11 bits per heavy atom. The number of benzene rings is 1. The van der Waals surface area contributed by atoms with E-state index in [1.165, 1.54) is 43.4 Å². The first-order valence-corrected chi connectivity index (χ1v) is 10.7. The summed E-state index contributed by atoms with van der Waals surface area (Å²) in [6, 6.07) is 14.2. The van der Waals surface area contributed by atoms with E-state index in [2.05, 4.69) is 21.4 Å². The number of rotatable bonds is 6. The van der Waals surface area contributed by atoms with Crippen LogP contribution < -0.4 is 5.32 Å². The lowest BCUT2D eigenvalue weighted by Gasteiger charge is -2.21. The van der Waals surface area contributed by atoms with Gasteiger partial charge < -0.3 is 5.32 Å². The SMILES string of the molecule is N#CC(c1ccnc(NCC2CCCCC2)n1)c1nc(-c2ccccc2)cs1. The Morgan fingerprint density at radius 2 is 1.93 bits per heavy atom. The standard InChI is InChI=1S/C22H23N5S/c23-13-18(21-26-20(15-28-21)17-9-5-2-6-10-17)19-11-12-24-22(27-19)25-14-16-7-3-1-4-8-16/h2,5-6,9-12,15-16,18H,1,3-4,7-8,14H2,(H,24,25,27). The Morgan fingerprint density at radius 3 is 2.71 bits per heavy atom. The van der Waals surface area contributed by atoms with Crippen LogP contribution in [0.25, 0.3) is 11.3 Å². The number of aromatic nitrogens is 3. The molecule has 2 aromatic heterocycles. The molecule has 5 nitrogen and oxygen atoms in total. The van der Waals surface area contributed by atoms with Gasteiger partial charge in [0.05, 0.1) is 17.5 Å². The molecule has 0 bridgehead atoms. The number of nitrogens with one attached hydrogen (secondary N) is 1. The molecule has 142 valence electrons. The van der Waals surface area contributed by atoms with Crippen molar-refractivity contribution < 1.29 is 0 Å². The lowest BCUT2D eigenvalue weighted by Crippen LogP contribution is -2.18. The van der Waals surface area contributed by atoms with Gasteiger partial charge in [-0.1, -0.05) is 49.6 Å². The quantitative estimate of drug-likeness (QED) is 0.623. The molecule has 0 amide bonds. The Bertz CT molecular complexity index is 941. The fourth-order valence-corrected chi connectivity index (χ4v) is 4.54. The van der Waals surface area contributed by atoms with Crippen LogP contribution >= 0.6 is 11.3 Å². The maximum absolute atomic E-state index is 9.77. The summed E-state index contributed by atoms with van der Waals surface area (Å²) < 4.78 is 0. The van der Waals surface area contributed by atoms with Crippen molar-refractivity contribution in [3.8, 4) is 17.3 Å². The van der Waals surface area contributed by atoms with Crippen molar-refractivity contribution in [3.63, 3.8) is 0 Å². The Kier molecular flexibility index (Phi) is 5.93. The topological polar surface area (TPSA) is 74.5 Å². The number of anilines is 1. The molecule has 28 heavy (non-hydrogen) atoms. The Labute approximate surface area is 169 Å². The van der Waals surface area contributed by atoms with Crippen LogP contribution in [0.5, 0.6) is 0 Å². The van der Waals surface area contributed by atoms with Crippen molar-refractivity contribution in [1.82, 2.24) is 15.0 Å². The van der Waals surface area contributed by atoms with Gasteiger partial charge in [0.2, 0.25) is 5.95 Å². The smallest absolute Gasteiger partial charge is 0.222 e. The van der Waals surface area contributed by atoms with E-state index in [9.17, 15) is 5.26 Å². The molecule has 1 aliphatic rings. The van der Waals surface area contributed by atoms with E-state index in [4.69, 9.17) is 4.98 Å². The van der Waals surface area contributed by atoms with E-state index in [1.54, 1.807) is 6.20 Å². The van der Waals surface area contributed by atoms with Gasteiger partial charge in [0.15, 0.2) is 0 Å². The predicted octanol–water partition coefficient (Wildman–Crippen LogP) is 5.25. The maximum Gasteiger partial charge on any atom is 0.222 e. The van der Waals surface area contributed by atoms with E-state index in [0.29, 0.717) is 17.6 Å². The summed E-state index contributed by atoms with van der Waals surface area (Å²) in [6.45, 7) is 0.899. The largest absolute Gasteiger partial charge is 0.354 e. The highest BCUT2D eigenvalue weighted by molar-refractivity contribution is 7.10. The molecule has 0 radical (unpaired) electrons. The van der Waals surface area contributed by atoms with Gasteiger partial charge in [0.1, 0.15) is 10.9 Å². The van der Waals surface area contributed by atoms with Gasteiger partial charge >= 0.3 is 0 Å². The third-order valence-electron chi connectivity index (χ3n) is 5.21. The van der Waals surface area contributed by atoms with Crippen molar-refractivity contribution in [1.29, 1.82) is 5.26 Å². The normalized spacial score (nSPS) is 15.7. The lowest BCUT2D eigenvalue weighted by molar-refractivity contribution is 0.373. The fraction of sp³-hybridized carbons (Fsp3) is 0.364. The monoisotopic (exact) mass is 389 g/mol. The highest BCUT2D eigenvalue weighted by Gasteiger charge is 2.20. The summed E-state index contributed by atoms with van der Waals surface area (Å²) >= 11 is 1.50. The Hall–Kier alpha value is -2.78. The number of nitriles is 1. The van der Waals surface area contributed by atoms with E-state index < -0.39 is 5.92 Å². The molecule has 1 unspecified atom stereocenters. The summed E-state index contributed by atoms with van der Waals surface area (Å²) in [5, 5.41) is 15.9. The van der Waals surface area contributed by atoms with E-state index in [-0.39, 0.29) is 0 Å². The van der Waals surface area contributed by atoms with Crippen LogP contribution in [0.2, 0.25) is 0 Å². The zero-order valence-corrected chi connectivity index (χ0v) is 16.5. The average Bonchev–Trinajstić information content (AvgIpc) is 3.24. The summed E-state index contributed by atoms with van der Waals surface area (Å²) in [6.07, 6.45) is 8.26. The van der Waals surface area contributed by atoms with Gasteiger partial charge in [-0.3, -0.25) is 0 Å². The molecule has 1 aromatic carbocycles. The van der Waals surface area contributed by atoms with Crippen molar-refractivity contribution in [2.24, 2.45) is 5.92 Å². The Balaban J connectivity index is 1.49. The molecule has 2 heterocycles. The highest BCUT2D eigenvalue weighted by atomic mass is 32.1. The van der Waals surface area contributed by atoms with Crippen LogP contribution in [0.4, 0.5) is 5.95 Å². The number of hydrogen-bond donors (Lipinski definition) is 1. The average molecular weight is 390 g/mol. The van der Waals surface area contributed by atoms with Crippen molar-refractivity contribution in [2.75, 3.05) is 11.9 Å². The maximum atomic E-state index is 9.77. The minimum absolute atomic E-state index is 0.485. The van der Waals surface area contributed by atoms with Gasteiger partial charge in [-0.05, 0) is 24.8 Å². The van der Waals surface area contributed by atoms with Crippen LogP contribution in [0.1, 0.15) is 48.7 Å². The minimum Gasteiger partial charge on any atom is -0.354 e. The molecule has 1 N–H and O–H groups in total. The fourth-order valence-electron chi connectivity index (χ4n) is 3.66. The predicted molar refractivity (Wildman–Crippen MR) is 112 cm³/mol. The van der Waals surface area contributed by atoms with Crippen LogP contribution in [-0.4, -0.2) is 21.5 Å². The minimum atomic E-state index is -0.485. The highest BCUT2D eigenvalue weighted by Crippen LogP contribution is 2.30. The first kappa shape index (κ1) is 18.6. The first-order chi connectivity index (χ1) is 13.8. The zero-order chi connectivity index (χ0) is 19.2. The zero-order valence-electron chi connectivity index (χ0n) is 15.7. The third-order valence-corrected chi connectivity index (χ3v) is 6.12. The number of hydrogen-bond acceptors (Lipinski definition) is 6. The van der Waals surface area contributed by atoms with Crippen LogP contribution in [0.15, 0.2) is 48.0 Å². The van der Waals surface area contributed by atoms with Crippen molar-refractivity contribution >= 4 is 17.3 Å². The molecule has 6 heteroatoms. The van der Waals surface area contributed by atoms with Gasteiger partial charge in [0.25, 0.3) is 0 Å². The second-order valence-corrected chi connectivity index (χ2v) is 8.08. The molecule has 1 atom stereocenters. The summed E-state index contributed by atoms with van der Waals surface area (Å²) in [7, 11) is 0.